The normalized spacial score (nSPS) is 14.4. The molecule has 0 radical (unpaired) electrons. The van der Waals surface area contributed by atoms with Crippen LogP contribution in [0.3, 0.4) is 0 Å². The summed E-state index contributed by atoms with van der Waals surface area (Å²) in [6, 6.07) is 6.87. The quantitative estimate of drug-likeness (QED) is 0.550. The molecule has 144 valence electrons. The number of nitrogens with one attached hydrogen (secondary N) is 1. The molecule has 0 amide bonds. The topological polar surface area (TPSA) is 69.2 Å². The van der Waals surface area contributed by atoms with Crippen LogP contribution in [0.25, 0.3) is 16.6 Å². The Morgan fingerprint density at radius 2 is 1.86 bits per heavy atom. The predicted octanol–water partition coefficient (Wildman–Crippen LogP) is 4.55. The van der Waals surface area contributed by atoms with Crippen LogP contribution >= 0.6 is 11.6 Å². The van der Waals surface area contributed by atoms with Crippen molar-refractivity contribution >= 4 is 34.0 Å². The molecule has 0 saturated heterocycles. The lowest BCUT2D eigenvalue weighted by Crippen LogP contribution is -2.13. The van der Waals surface area contributed by atoms with Crippen LogP contribution in [-0.4, -0.2) is 28.2 Å². The molecule has 0 spiro atoms. The maximum atomic E-state index is 13.7. The van der Waals surface area contributed by atoms with Gasteiger partial charge in [0, 0.05) is 11.3 Å². The van der Waals surface area contributed by atoms with Gasteiger partial charge in [-0.15, -0.1) is 0 Å². The Bertz CT molecular complexity index is 1090. The van der Waals surface area contributed by atoms with Gasteiger partial charge >= 0.3 is 12.2 Å². The van der Waals surface area contributed by atoms with E-state index in [-0.39, 0.29) is 35.9 Å². The Kier molecular flexibility index (Phi) is 4.46. The van der Waals surface area contributed by atoms with E-state index in [2.05, 4.69) is 26.8 Å². The second-order valence-electron chi connectivity index (χ2n) is 5.83. The summed E-state index contributed by atoms with van der Waals surface area (Å²) in [5, 5.41) is 1.81. The number of anilines is 1. The molecule has 3 heterocycles. The van der Waals surface area contributed by atoms with E-state index in [1.54, 1.807) is 24.3 Å². The Hall–Kier alpha value is -3.07. The first-order chi connectivity index (χ1) is 13.3. The lowest BCUT2D eigenvalue weighted by atomic mass is 10.1. The van der Waals surface area contributed by atoms with E-state index in [0.29, 0.717) is 17.0 Å². The predicted molar refractivity (Wildman–Crippen MR) is 97.4 cm³/mol. The molecule has 1 aromatic carbocycles. The number of para-hydroxylation sites is 1. The summed E-state index contributed by atoms with van der Waals surface area (Å²) in [5.41, 5.74) is -0.325. The van der Waals surface area contributed by atoms with Gasteiger partial charge < -0.3 is 14.8 Å². The maximum absolute atomic E-state index is 13.7. The molecular weight excluding hydrogens is 397 g/mol. The molecule has 3 aromatic rings. The number of rotatable bonds is 0. The summed E-state index contributed by atoms with van der Waals surface area (Å²) < 4.78 is 52.1. The highest BCUT2D eigenvalue weighted by Crippen LogP contribution is 2.41. The molecule has 1 aliphatic rings. The molecule has 1 aliphatic heterocycles. The Morgan fingerprint density at radius 1 is 1.11 bits per heavy atom. The molecule has 2 aromatic heterocycles. The lowest BCUT2D eigenvalue weighted by molar-refractivity contribution is -0.136. The van der Waals surface area contributed by atoms with Crippen LogP contribution in [-0.2, 0) is 6.18 Å². The summed E-state index contributed by atoms with van der Waals surface area (Å²) in [7, 11) is 0. The van der Waals surface area contributed by atoms with Crippen molar-refractivity contribution in [2.45, 2.75) is 6.18 Å². The van der Waals surface area contributed by atoms with E-state index in [0.717, 1.165) is 6.20 Å². The molecule has 6 nitrogen and oxygen atoms in total. The highest BCUT2D eigenvalue weighted by atomic mass is 35.5. The van der Waals surface area contributed by atoms with E-state index in [1.807, 2.05) is 0 Å². The molecule has 4 rings (SSSR count). The average molecular weight is 409 g/mol. The minimum absolute atomic E-state index is 0.0644. The molecule has 1 N–H and O–H groups in total. The Morgan fingerprint density at radius 3 is 2.64 bits per heavy atom. The monoisotopic (exact) mass is 408 g/mol. The second kappa shape index (κ2) is 6.83. The third kappa shape index (κ3) is 3.29. The van der Waals surface area contributed by atoms with Gasteiger partial charge in [-0.25, -0.2) is 4.98 Å². The maximum Gasteiger partial charge on any atom is 0.420 e. The van der Waals surface area contributed by atoms with Crippen LogP contribution in [0, 0.1) is 0 Å². The van der Waals surface area contributed by atoms with Crippen molar-refractivity contribution in [3.05, 3.63) is 53.3 Å². The second-order valence-corrected chi connectivity index (χ2v) is 6.19. The third-order valence-corrected chi connectivity index (χ3v) is 4.30. The van der Waals surface area contributed by atoms with Crippen molar-refractivity contribution in [2.75, 3.05) is 18.5 Å². The minimum Gasteiger partial charge on any atom is -0.489 e. The molecule has 0 fully saturated rings. The first-order valence-electron chi connectivity index (χ1n) is 8.09. The fourth-order valence-electron chi connectivity index (χ4n) is 2.83. The highest BCUT2D eigenvalue weighted by Gasteiger charge is 2.38. The number of fused-ring (bicyclic) bond motifs is 5. The number of hydrogen-bond donors (Lipinski definition) is 1. The van der Waals surface area contributed by atoms with Gasteiger partial charge in [0.1, 0.15) is 35.5 Å². The summed E-state index contributed by atoms with van der Waals surface area (Å²) in [4.78, 5) is 11.7. The van der Waals surface area contributed by atoms with E-state index >= 15 is 0 Å². The summed E-state index contributed by atoms with van der Waals surface area (Å²) in [6.07, 6.45) is -3.62. The lowest BCUT2D eigenvalue weighted by Gasteiger charge is -2.17. The van der Waals surface area contributed by atoms with Gasteiger partial charge in [-0.05, 0) is 12.1 Å². The smallest absolute Gasteiger partial charge is 0.420 e. The van der Waals surface area contributed by atoms with Gasteiger partial charge in [0.25, 0.3) is 0 Å². The fraction of sp³-hybridized carbons (Fsp3) is 0.167. The van der Waals surface area contributed by atoms with Crippen molar-refractivity contribution < 1.29 is 22.6 Å². The zero-order chi connectivity index (χ0) is 19.9. The van der Waals surface area contributed by atoms with Crippen molar-refractivity contribution in [2.24, 2.45) is 0 Å². The summed E-state index contributed by atoms with van der Waals surface area (Å²) in [5.74, 6) is 0.366. The SMILES string of the molecule is C=C1Nc2nc(nc3cnc(Cl)c(C(F)(F)F)c23)OCCOc2ccccc21. The van der Waals surface area contributed by atoms with Gasteiger partial charge in [-0.1, -0.05) is 30.3 Å². The summed E-state index contributed by atoms with van der Waals surface area (Å²) in [6.45, 7) is 4.20. The summed E-state index contributed by atoms with van der Waals surface area (Å²) >= 11 is 5.76. The van der Waals surface area contributed by atoms with E-state index < -0.39 is 16.9 Å². The minimum atomic E-state index is -4.76. The molecule has 0 unspecified atom stereocenters. The van der Waals surface area contributed by atoms with Gasteiger partial charge in [0.2, 0.25) is 0 Å². The number of pyridine rings is 1. The van der Waals surface area contributed by atoms with E-state index in [1.165, 1.54) is 0 Å². The number of ether oxygens (including phenoxy) is 2. The van der Waals surface area contributed by atoms with Crippen molar-refractivity contribution in [3.63, 3.8) is 0 Å². The van der Waals surface area contributed by atoms with Crippen LogP contribution in [0.1, 0.15) is 11.1 Å². The molecule has 0 atom stereocenters. The number of halogens is 4. The number of hydrogen-bond acceptors (Lipinski definition) is 6. The largest absolute Gasteiger partial charge is 0.489 e. The Labute approximate surface area is 162 Å². The van der Waals surface area contributed by atoms with Gasteiger partial charge in [0.15, 0.2) is 0 Å². The molecule has 28 heavy (non-hydrogen) atoms. The van der Waals surface area contributed by atoms with Crippen molar-refractivity contribution in [1.82, 2.24) is 15.0 Å². The number of alkyl halides is 3. The van der Waals surface area contributed by atoms with Crippen LogP contribution in [0.15, 0.2) is 37.0 Å². The van der Waals surface area contributed by atoms with E-state index in [4.69, 9.17) is 21.1 Å². The van der Waals surface area contributed by atoms with Crippen LogP contribution in [0.2, 0.25) is 5.15 Å². The van der Waals surface area contributed by atoms with Crippen molar-refractivity contribution in [3.8, 4) is 11.8 Å². The molecular formula is C18H12ClF3N4O2. The average Bonchev–Trinajstić information content (AvgIpc) is 2.66. The van der Waals surface area contributed by atoms with Crippen LogP contribution in [0.4, 0.5) is 19.0 Å². The van der Waals surface area contributed by atoms with Crippen LogP contribution < -0.4 is 14.8 Å². The number of nitrogens with zero attached hydrogens (tertiary/aromatic N) is 3. The molecule has 2 bridgehead atoms. The van der Waals surface area contributed by atoms with E-state index in [9.17, 15) is 13.2 Å². The fourth-order valence-corrected chi connectivity index (χ4v) is 3.08. The van der Waals surface area contributed by atoms with Gasteiger partial charge in [0.05, 0.1) is 17.1 Å². The van der Waals surface area contributed by atoms with Gasteiger partial charge in [-0.3, -0.25) is 0 Å². The number of benzene rings is 1. The zero-order valence-corrected chi connectivity index (χ0v) is 14.9. The van der Waals surface area contributed by atoms with Gasteiger partial charge in [-0.2, -0.15) is 23.1 Å². The molecule has 0 aliphatic carbocycles. The van der Waals surface area contributed by atoms with Crippen LogP contribution in [0.5, 0.6) is 11.8 Å². The zero-order valence-electron chi connectivity index (χ0n) is 14.2. The third-order valence-electron chi connectivity index (χ3n) is 4.01. The number of aromatic nitrogens is 3. The first kappa shape index (κ1) is 18.3. The molecule has 0 saturated carbocycles. The Balaban J connectivity index is 1.96. The standard InChI is InChI=1S/C18H12ClF3N4O2/c1-9-10-4-2-3-5-12(10)27-6-7-28-17-25-11-8-23-15(19)14(18(20,21)22)13(11)16(24-9)26-17/h2-5,8H,1,6-7H2,(H,24,25,26). The molecule has 10 heteroatoms. The highest BCUT2D eigenvalue weighted by molar-refractivity contribution is 6.31. The first-order valence-corrected chi connectivity index (χ1v) is 8.47. The van der Waals surface area contributed by atoms with Crippen molar-refractivity contribution in [1.29, 1.82) is 0 Å².